The van der Waals surface area contributed by atoms with Gasteiger partial charge in [-0.25, -0.2) is 0 Å². The van der Waals surface area contributed by atoms with Crippen molar-refractivity contribution in [1.82, 2.24) is 4.90 Å². The van der Waals surface area contributed by atoms with Crippen molar-refractivity contribution in [3.8, 4) is 5.75 Å². The number of halogens is 2. The van der Waals surface area contributed by atoms with Crippen molar-refractivity contribution in [3.05, 3.63) is 29.8 Å². The lowest BCUT2D eigenvalue weighted by Crippen LogP contribution is -2.25. The largest absolute Gasteiger partial charge is 0.435 e. The van der Waals surface area contributed by atoms with Crippen LogP contribution in [-0.4, -0.2) is 36.8 Å². The fourth-order valence-electron chi connectivity index (χ4n) is 1.75. The number of aliphatic hydroxyl groups is 1. The van der Waals surface area contributed by atoms with Gasteiger partial charge < -0.3 is 14.7 Å². The SMILES string of the molecule is CCCN(C)CC(O)c1ccc(OC(F)F)cc1. The highest BCUT2D eigenvalue weighted by atomic mass is 19.3. The number of benzene rings is 1. The van der Waals surface area contributed by atoms with Crippen LogP contribution in [0, 0.1) is 0 Å². The summed E-state index contributed by atoms with van der Waals surface area (Å²) in [5.41, 5.74) is 0.694. The summed E-state index contributed by atoms with van der Waals surface area (Å²) in [6.45, 7) is 0.669. The molecular formula is C13H19F2NO2. The molecule has 0 spiro atoms. The molecule has 1 aromatic rings. The molecule has 102 valence electrons. The Morgan fingerprint density at radius 1 is 1.28 bits per heavy atom. The number of likely N-dealkylation sites (N-methyl/N-ethyl adjacent to an activating group) is 1. The summed E-state index contributed by atoms with van der Waals surface area (Å²) < 4.78 is 28.2. The molecule has 0 aliphatic rings. The summed E-state index contributed by atoms with van der Waals surface area (Å²) in [6.07, 6.45) is 0.395. The van der Waals surface area contributed by atoms with E-state index in [-0.39, 0.29) is 5.75 Å². The quantitative estimate of drug-likeness (QED) is 0.817. The number of ether oxygens (including phenoxy) is 1. The van der Waals surface area contributed by atoms with Crippen molar-refractivity contribution in [1.29, 1.82) is 0 Å². The molecule has 0 aliphatic carbocycles. The van der Waals surface area contributed by atoms with Gasteiger partial charge in [0.15, 0.2) is 0 Å². The maximum absolute atomic E-state index is 12.0. The van der Waals surface area contributed by atoms with Gasteiger partial charge in [-0.05, 0) is 37.7 Å². The van der Waals surface area contributed by atoms with Crippen LogP contribution in [0.15, 0.2) is 24.3 Å². The van der Waals surface area contributed by atoms with Crippen molar-refractivity contribution in [2.75, 3.05) is 20.1 Å². The number of aliphatic hydroxyl groups excluding tert-OH is 1. The number of rotatable bonds is 7. The van der Waals surface area contributed by atoms with Crippen molar-refractivity contribution < 1.29 is 18.6 Å². The Bertz CT molecular complexity index is 343. The summed E-state index contributed by atoms with van der Waals surface area (Å²) in [6, 6.07) is 6.07. The predicted molar refractivity (Wildman–Crippen MR) is 65.8 cm³/mol. The van der Waals surface area contributed by atoms with E-state index in [1.807, 2.05) is 11.9 Å². The van der Waals surface area contributed by atoms with E-state index in [1.54, 1.807) is 12.1 Å². The highest BCUT2D eigenvalue weighted by Crippen LogP contribution is 2.19. The number of hydrogen-bond acceptors (Lipinski definition) is 3. The second-order valence-electron chi connectivity index (χ2n) is 4.23. The van der Waals surface area contributed by atoms with Crippen molar-refractivity contribution >= 4 is 0 Å². The van der Waals surface area contributed by atoms with Gasteiger partial charge in [0.25, 0.3) is 0 Å². The minimum Gasteiger partial charge on any atom is -0.435 e. The van der Waals surface area contributed by atoms with Crippen LogP contribution in [0.2, 0.25) is 0 Å². The summed E-state index contributed by atoms with van der Waals surface area (Å²) in [5, 5.41) is 9.96. The Morgan fingerprint density at radius 2 is 1.89 bits per heavy atom. The van der Waals surface area contributed by atoms with Crippen LogP contribution in [0.3, 0.4) is 0 Å². The molecule has 0 saturated heterocycles. The maximum atomic E-state index is 12.0. The standard InChI is InChI=1S/C13H19F2NO2/c1-3-8-16(2)9-12(17)10-4-6-11(7-5-10)18-13(14)15/h4-7,12-13,17H,3,8-9H2,1-2H3. The van der Waals surface area contributed by atoms with Gasteiger partial charge in [-0.2, -0.15) is 8.78 Å². The summed E-state index contributed by atoms with van der Waals surface area (Å²) in [7, 11) is 1.93. The molecule has 1 N–H and O–H groups in total. The zero-order chi connectivity index (χ0) is 13.5. The zero-order valence-electron chi connectivity index (χ0n) is 10.6. The van der Waals surface area contributed by atoms with E-state index in [9.17, 15) is 13.9 Å². The van der Waals surface area contributed by atoms with Crippen LogP contribution in [0.4, 0.5) is 8.78 Å². The Morgan fingerprint density at radius 3 is 2.39 bits per heavy atom. The third kappa shape index (κ3) is 4.98. The summed E-state index contributed by atoms with van der Waals surface area (Å²) >= 11 is 0. The molecule has 0 fully saturated rings. The minimum absolute atomic E-state index is 0.0999. The zero-order valence-corrected chi connectivity index (χ0v) is 10.6. The van der Waals surface area contributed by atoms with Gasteiger partial charge in [0.2, 0.25) is 0 Å². The van der Waals surface area contributed by atoms with Crippen LogP contribution < -0.4 is 4.74 Å². The molecule has 18 heavy (non-hydrogen) atoms. The Balaban J connectivity index is 2.55. The first-order chi connectivity index (χ1) is 8.52. The van der Waals surface area contributed by atoms with Gasteiger partial charge >= 0.3 is 6.61 Å². The van der Waals surface area contributed by atoms with Gasteiger partial charge in [0, 0.05) is 6.54 Å². The van der Waals surface area contributed by atoms with E-state index < -0.39 is 12.7 Å². The van der Waals surface area contributed by atoms with E-state index in [0.717, 1.165) is 13.0 Å². The third-order valence-electron chi connectivity index (χ3n) is 2.58. The lowest BCUT2D eigenvalue weighted by molar-refractivity contribution is -0.0498. The normalized spacial score (nSPS) is 13.1. The van der Waals surface area contributed by atoms with Gasteiger partial charge in [-0.1, -0.05) is 19.1 Å². The van der Waals surface area contributed by atoms with E-state index in [0.29, 0.717) is 12.1 Å². The Hall–Kier alpha value is -1.20. The maximum Gasteiger partial charge on any atom is 0.387 e. The van der Waals surface area contributed by atoms with Gasteiger partial charge in [0.1, 0.15) is 5.75 Å². The van der Waals surface area contributed by atoms with Crippen molar-refractivity contribution in [3.63, 3.8) is 0 Å². The van der Waals surface area contributed by atoms with Crippen LogP contribution in [-0.2, 0) is 0 Å². The third-order valence-corrected chi connectivity index (χ3v) is 2.58. The molecule has 0 saturated carbocycles. The molecule has 1 atom stereocenters. The summed E-state index contributed by atoms with van der Waals surface area (Å²) in [4.78, 5) is 2.02. The van der Waals surface area contributed by atoms with Crippen LogP contribution in [0.5, 0.6) is 5.75 Å². The van der Waals surface area contributed by atoms with Gasteiger partial charge in [-0.15, -0.1) is 0 Å². The summed E-state index contributed by atoms with van der Waals surface area (Å²) in [5.74, 6) is 0.0999. The molecule has 1 rings (SSSR count). The van der Waals surface area contributed by atoms with Crippen molar-refractivity contribution in [2.24, 2.45) is 0 Å². The first kappa shape index (κ1) is 14.9. The molecule has 0 aromatic heterocycles. The Labute approximate surface area is 106 Å². The molecule has 0 heterocycles. The number of nitrogens with zero attached hydrogens (tertiary/aromatic N) is 1. The monoisotopic (exact) mass is 259 g/mol. The average Bonchev–Trinajstić information content (AvgIpc) is 2.29. The topological polar surface area (TPSA) is 32.7 Å². The molecular weight excluding hydrogens is 240 g/mol. The molecule has 0 radical (unpaired) electrons. The first-order valence-corrected chi connectivity index (χ1v) is 5.94. The molecule has 0 bridgehead atoms. The highest BCUT2D eigenvalue weighted by molar-refractivity contribution is 5.28. The van der Waals surface area contributed by atoms with Crippen molar-refractivity contribution in [2.45, 2.75) is 26.1 Å². The molecule has 1 unspecified atom stereocenters. The van der Waals surface area contributed by atoms with Crippen LogP contribution in [0.1, 0.15) is 25.0 Å². The highest BCUT2D eigenvalue weighted by Gasteiger charge is 2.11. The van der Waals surface area contributed by atoms with E-state index in [1.165, 1.54) is 12.1 Å². The first-order valence-electron chi connectivity index (χ1n) is 5.94. The van der Waals surface area contributed by atoms with Gasteiger partial charge in [0.05, 0.1) is 6.10 Å². The second kappa shape index (κ2) is 7.28. The number of alkyl halides is 2. The second-order valence-corrected chi connectivity index (χ2v) is 4.23. The fourth-order valence-corrected chi connectivity index (χ4v) is 1.75. The minimum atomic E-state index is -2.82. The smallest absolute Gasteiger partial charge is 0.387 e. The average molecular weight is 259 g/mol. The van der Waals surface area contributed by atoms with Crippen LogP contribution in [0.25, 0.3) is 0 Å². The van der Waals surface area contributed by atoms with E-state index in [2.05, 4.69) is 11.7 Å². The molecule has 0 aliphatic heterocycles. The van der Waals surface area contributed by atoms with Crippen LogP contribution >= 0.6 is 0 Å². The predicted octanol–water partition coefficient (Wildman–Crippen LogP) is 2.66. The number of hydrogen-bond donors (Lipinski definition) is 1. The molecule has 3 nitrogen and oxygen atoms in total. The lowest BCUT2D eigenvalue weighted by Gasteiger charge is -2.20. The molecule has 1 aromatic carbocycles. The molecule has 5 heteroatoms. The van der Waals surface area contributed by atoms with Gasteiger partial charge in [-0.3, -0.25) is 0 Å². The fraction of sp³-hybridized carbons (Fsp3) is 0.538. The molecule has 0 amide bonds. The lowest BCUT2D eigenvalue weighted by atomic mass is 10.1. The van der Waals surface area contributed by atoms with E-state index >= 15 is 0 Å². The Kier molecular flexibility index (Phi) is 6.01. The van der Waals surface area contributed by atoms with E-state index in [4.69, 9.17) is 0 Å².